The van der Waals surface area contributed by atoms with E-state index in [0.29, 0.717) is 5.75 Å². The second-order valence-corrected chi connectivity index (χ2v) is 4.34. The van der Waals surface area contributed by atoms with E-state index in [9.17, 15) is 14.0 Å². The molecule has 8 heteroatoms. The Hall–Kier alpha value is -1.86. The van der Waals surface area contributed by atoms with Gasteiger partial charge in [-0.05, 0) is 26.0 Å². The first-order valence-corrected chi connectivity index (χ1v) is 6.15. The fourth-order valence-electron chi connectivity index (χ4n) is 1.39. The highest BCUT2D eigenvalue weighted by atomic mass is 35.5. The molecule has 0 radical (unpaired) electrons. The third-order valence-corrected chi connectivity index (χ3v) is 2.22. The van der Waals surface area contributed by atoms with Gasteiger partial charge in [0.05, 0.1) is 24.9 Å². The molecule has 0 aromatic heterocycles. The molecule has 2 amide bonds. The highest BCUT2D eigenvalue weighted by Gasteiger charge is 2.09. The van der Waals surface area contributed by atoms with Crippen molar-refractivity contribution in [3.63, 3.8) is 0 Å². The number of hydrogen-bond acceptors (Lipinski definition) is 4. The number of amides is 2. The quantitative estimate of drug-likeness (QED) is 0.730. The first-order valence-electron chi connectivity index (χ1n) is 6.15. The fourth-order valence-corrected chi connectivity index (χ4v) is 1.39. The summed E-state index contributed by atoms with van der Waals surface area (Å²) in [5, 5.41) is 4.63. The van der Waals surface area contributed by atoms with Gasteiger partial charge < -0.3 is 21.1 Å². The van der Waals surface area contributed by atoms with Crippen LogP contribution in [0.1, 0.15) is 13.8 Å². The molecule has 0 aliphatic rings. The van der Waals surface area contributed by atoms with Crippen LogP contribution in [0.3, 0.4) is 0 Å². The average Bonchev–Trinajstić information content (AvgIpc) is 2.38. The molecule has 0 unspecified atom stereocenters. The van der Waals surface area contributed by atoms with Gasteiger partial charge in [0.25, 0.3) is 0 Å². The summed E-state index contributed by atoms with van der Waals surface area (Å²) in [4.78, 5) is 22.4. The summed E-state index contributed by atoms with van der Waals surface area (Å²) in [5.41, 5.74) is 5.10. The lowest BCUT2D eigenvalue weighted by Crippen LogP contribution is -2.36. The molecule has 0 aliphatic carbocycles. The van der Waals surface area contributed by atoms with Crippen molar-refractivity contribution in [3.8, 4) is 5.75 Å². The predicted molar refractivity (Wildman–Crippen MR) is 80.1 cm³/mol. The van der Waals surface area contributed by atoms with E-state index in [-0.39, 0.29) is 37.3 Å². The monoisotopic (exact) mass is 319 g/mol. The molecule has 1 rings (SSSR count). The molecule has 0 fully saturated rings. The van der Waals surface area contributed by atoms with E-state index in [4.69, 9.17) is 10.5 Å². The van der Waals surface area contributed by atoms with Crippen LogP contribution in [-0.4, -0.2) is 31.0 Å². The number of hydrogen-bond donors (Lipinski definition) is 3. The van der Waals surface area contributed by atoms with Gasteiger partial charge in [0.1, 0.15) is 11.6 Å². The summed E-state index contributed by atoms with van der Waals surface area (Å²) in [5.74, 6) is -1.22. The lowest BCUT2D eigenvalue weighted by Gasteiger charge is -2.12. The molecule has 1 aromatic carbocycles. The number of benzene rings is 1. The van der Waals surface area contributed by atoms with Gasteiger partial charge in [-0.1, -0.05) is 0 Å². The maximum atomic E-state index is 13.7. The molecular formula is C13H19ClFN3O3. The number of carbonyl (C=O) groups is 2. The van der Waals surface area contributed by atoms with Crippen molar-refractivity contribution in [1.82, 2.24) is 5.32 Å². The van der Waals surface area contributed by atoms with Gasteiger partial charge in [-0.25, -0.2) is 4.39 Å². The van der Waals surface area contributed by atoms with Crippen LogP contribution < -0.4 is 21.1 Å². The first-order chi connectivity index (χ1) is 9.42. The van der Waals surface area contributed by atoms with Crippen molar-refractivity contribution < 1.29 is 18.7 Å². The number of anilines is 1. The normalized spacial score (nSPS) is 9.76. The number of nitrogens with two attached hydrogens (primary N) is 1. The third-order valence-electron chi connectivity index (χ3n) is 2.22. The number of halogens is 2. The minimum absolute atomic E-state index is 0. The van der Waals surface area contributed by atoms with Crippen LogP contribution >= 0.6 is 12.4 Å². The van der Waals surface area contributed by atoms with E-state index in [2.05, 4.69) is 10.6 Å². The van der Waals surface area contributed by atoms with Crippen LogP contribution in [0.4, 0.5) is 10.1 Å². The summed E-state index contributed by atoms with van der Waals surface area (Å²) in [6, 6.07) is 4.14. The predicted octanol–water partition coefficient (Wildman–Crippen LogP) is 1.05. The molecule has 0 aliphatic heterocycles. The Morgan fingerprint density at radius 2 is 2.00 bits per heavy atom. The van der Waals surface area contributed by atoms with E-state index in [1.807, 2.05) is 13.8 Å². The lowest BCUT2D eigenvalue weighted by molar-refractivity contribution is -0.123. The van der Waals surface area contributed by atoms with Crippen LogP contribution in [0.5, 0.6) is 5.75 Å². The maximum absolute atomic E-state index is 13.7. The molecule has 21 heavy (non-hydrogen) atoms. The lowest BCUT2D eigenvalue weighted by atomic mass is 10.2. The Bertz CT molecular complexity index is 498. The zero-order chi connectivity index (χ0) is 15.1. The van der Waals surface area contributed by atoms with Crippen LogP contribution in [-0.2, 0) is 9.59 Å². The molecule has 118 valence electrons. The minimum atomic E-state index is -0.610. The molecular weight excluding hydrogens is 301 g/mol. The summed E-state index contributed by atoms with van der Waals surface area (Å²) in [7, 11) is 0. The maximum Gasteiger partial charge on any atom is 0.243 e. The van der Waals surface area contributed by atoms with Gasteiger partial charge in [0.15, 0.2) is 0 Å². The van der Waals surface area contributed by atoms with E-state index in [1.54, 1.807) is 6.07 Å². The topological polar surface area (TPSA) is 93.5 Å². The zero-order valence-corrected chi connectivity index (χ0v) is 12.6. The van der Waals surface area contributed by atoms with Crippen molar-refractivity contribution in [3.05, 3.63) is 24.0 Å². The summed E-state index contributed by atoms with van der Waals surface area (Å²) >= 11 is 0. The largest absolute Gasteiger partial charge is 0.491 e. The molecule has 0 atom stereocenters. The van der Waals surface area contributed by atoms with E-state index < -0.39 is 17.6 Å². The number of ether oxygens (including phenoxy) is 1. The molecule has 1 aromatic rings. The Morgan fingerprint density at radius 1 is 1.33 bits per heavy atom. The molecule has 0 bridgehead atoms. The Kier molecular flexibility index (Phi) is 8.34. The van der Waals surface area contributed by atoms with E-state index in [1.165, 1.54) is 12.1 Å². The summed E-state index contributed by atoms with van der Waals surface area (Å²) in [6.45, 7) is 3.18. The Morgan fingerprint density at radius 3 is 2.52 bits per heavy atom. The molecule has 0 spiro atoms. The second-order valence-electron chi connectivity index (χ2n) is 4.34. The van der Waals surface area contributed by atoms with Gasteiger partial charge in [-0.2, -0.15) is 0 Å². The fraction of sp³-hybridized carbons (Fsp3) is 0.385. The molecule has 0 saturated heterocycles. The smallest absolute Gasteiger partial charge is 0.243 e. The zero-order valence-electron chi connectivity index (χ0n) is 11.8. The highest BCUT2D eigenvalue weighted by molar-refractivity contribution is 5.94. The van der Waals surface area contributed by atoms with E-state index in [0.717, 1.165) is 0 Å². The van der Waals surface area contributed by atoms with Crippen LogP contribution in [0.2, 0.25) is 0 Å². The van der Waals surface area contributed by atoms with Gasteiger partial charge in [0, 0.05) is 6.07 Å². The Balaban J connectivity index is 0.00000400. The molecule has 0 saturated carbocycles. The second kappa shape index (κ2) is 9.15. The minimum Gasteiger partial charge on any atom is -0.491 e. The standard InChI is InChI=1S/C13H18FN3O3.ClH/c1-8(2)20-9-3-4-11(10(14)5-9)17-13(19)7-16-12(18)6-15;/h3-5,8H,6-7,15H2,1-2H3,(H,16,18)(H,17,19);1H. The van der Waals surface area contributed by atoms with Crippen molar-refractivity contribution in [2.24, 2.45) is 5.73 Å². The van der Waals surface area contributed by atoms with Gasteiger partial charge in [-0.3, -0.25) is 9.59 Å². The summed E-state index contributed by atoms with van der Waals surface area (Å²) < 4.78 is 19.0. The van der Waals surface area contributed by atoms with Crippen molar-refractivity contribution in [2.75, 3.05) is 18.4 Å². The van der Waals surface area contributed by atoms with Crippen LogP contribution in [0, 0.1) is 5.82 Å². The third kappa shape index (κ3) is 6.92. The first kappa shape index (κ1) is 19.1. The van der Waals surface area contributed by atoms with Gasteiger partial charge in [0.2, 0.25) is 11.8 Å². The van der Waals surface area contributed by atoms with Crippen molar-refractivity contribution in [1.29, 1.82) is 0 Å². The summed E-state index contributed by atoms with van der Waals surface area (Å²) in [6.07, 6.45) is -0.0682. The Labute approximate surface area is 128 Å². The highest BCUT2D eigenvalue weighted by Crippen LogP contribution is 2.21. The van der Waals surface area contributed by atoms with Crippen LogP contribution in [0.15, 0.2) is 18.2 Å². The average molecular weight is 320 g/mol. The number of nitrogens with one attached hydrogen (secondary N) is 2. The SMILES string of the molecule is CC(C)Oc1ccc(NC(=O)CNC(=O)CN)c(F)c1.Cl. The van der Waals surface area contributed by atoms with Crippen molar-refractivity contribution >= 4 is 29.9 Å². The number of carbonyl (C=O) groups excluding carboxylic acids is 2. The van der Waals surface area contributed by atoms with Crippen molar-refractivity contribution in [2.45, 2.75) is 20.0 Å². The van der Waals surface area contributed by atoms with Gasteiger partial charge in [-0.15, -0.1) is 12.4 Å². The number of rotatable bonds is 6. The molecule has 0 heterocycles. The van der Waals surface area contributed by atoms with Crippen LogP contribution in [0.25, 0.3) is 0 Å². The van der Waals surface area contributed by atoms with Gasteiger partial charge >= 0.3 is 0 Å². The molecule has 6 nitrogen and oxygen atoms in total. The molecule has 4 N–H and O–H groups in total. The van der Waals surface area contributed by atoms with E-state index >= 15 is 0 Å².